The zero-order valence-electron chi connectivity index (χ0n) is 16.8. The lowest BCUT2D eigenvalue weighted by Gasteiger charge is -2.32. The van der Waals surface area contributed by atoms with Crippen molar-refractivity contribution in [2.24, 2.45) is 5.92 Å². The van der Waals surface area contributed by atoms with E-state index in [1.807, 2.05) is 30.8 Å². The molecule has 1 fully saturated rings. The lowest BCUT2D eigenvalue weighted by molar-refractivity contribution is 0.397. The van der Waals surface area contributed by atoms with Crippen molar-refractivity contribution in [1.29, 1.82) is 0 Å². The maximum absolute atomic E-state index is 5.35. The molecular weight excluding hydrogens is 350 g/mol. The van der Waals surface area contributed by atoms with Gasteiger partial charge in [0, 0.05) is 18.8 Å². The predicted octanol–water partition coefficient (Wildman–Crippen LogP) is 3.75. The van der Waals surface area contributed by atoms with E-state index < -0.39 is 0 Å². The normalized spacial score (nSPS) is 15.0. The number of rotatable bonds is 5. The molecule has 0 bridgehead atoms. The highest BCUT2D eigenvalue weighted by atomic mass is 16.5. The van der Waals surface area contributed by atoms with Gasteiger partial charge >= 0.3 is 0 Å². The van der Waals surface area contributed by atoms with Crippen molar-refractivity contribution in [3.63, 3.8) is 0 Å². The van der Waals surface area contributed by atoms with Crippen molar-refractivity contribution in [3.05, 3.63) is 59.7 Å². The molecule has 4 rings (SSSR count). The van der Waals surface area contributed by atoms with Crippen molar-refractivity contribution in [1.82, 2.24) is 19.7 Å². The minimum atomic E-state index is 0.690. The van der Waals surface area contributed by atoms with Gasteiger partial charge in [-0.15, -0.1) is 0 Å². The Labute approximate surface area is 166 Å². The number of methoxy groups -OCH3 is 1. The van der Waals surface area contributed by atoms with Crippen LogP contribution in [-0.2, 0) is 6.42 Å². The van der Waals surface area contributed by atoms with Crippen molar-refractivity contribution < 1.29 is 4.74 Å². The fourth-order valence-electron chi connectivity index (χ4n) is 3.96. The molecule has 6 heteroatoms. The molecule has 0 spiro atoms. The van der Waals surface area contributed by atoms with E-state index in [0.29, 0.717) is 5.92 Å². The Morgan fingerprint density at radius 2 is 1.86 bits per heavy atom. The Morgan fingerprint density at radius 3 is 2.57 bits per heavy atom. The molecule has 0 amide bonds. The monoisotopic (exact) mass is 377 g/mol. The zero-order chi connectivity index (χ0) is 19.5. The molecule has 1 saturated heterocycles. The number of ether oxygens (including phenoxy) is 1. The summed E-state index contributed by atoms with van der Waals surface area (Å²) < 4.78 is 7.21. The lowest BCUT2D eigenvalue weighted by Crippen LogP contribution is -2.35. The van der Waals surface area contributed by atoms with Gasteiger partial charge in [-0.25, -0.2) is 9.67 Å². The predicted molar refractivity (Wildman–Crippen MR) is 110 cm³/mol. The van der Waals surface area contributed by atoms with Crippen molar-refractivity contribution in [2.75, 3.05) is 25.1 Å². The second-order valence-electron chi connectivity index (χ2n) is 7.56. The van der Waals surface area contributed by atoms with Crippen LogP contribution >= 0.6 is 0 Å². The number of benzene rings is 1. The van der Waals surface area contributed by atoms with Crippen LogP contribution in [0.5, 0.6) is 5.75 Å². The number of anilines is 1. The van der Waals surface area contributed by atoms with Gasteiger partial charge in [-0.2, -0.15) is 5.10 Å². The molecule has 6 nitrogen and oxygen atoms in total. The van der Waals surface area contributed by atoms with Crippen LogP contribution < -0.4 is 9.64 Å². The van der Waals surface area contributed by atoms with E-state index in [0.717, 1.165) is 61.1 Å². The van der Waals surface area contributed by atoms with Gasteiger partial charge in [-0.3, -0.25) is 4.98 Å². The SMILES string of the molecule is COc1cccc(CC2CCN(c3cncc(-n4nc(C)cc4C)n3)CC2)c1. The molecule has 1 aliphatic heterocycles. The molecule has 28 heavy (non-hydrogen) atoms. The molecule has 0 radical (unpaired) electrons. The fraction of sp³-hybridized carbons (Fsp3) is 0.409. The van der Waals surface area contributed by atoms with Crippen molar-refractivity contribution in [3.8, 4) is 11.6 Å². The number of hydrogen-bond donors (Lipinski definition) is 0. The summed E-state index contributed by atoms with van der Waals surface area (Å²) in [5, 5.41) is 4.53. The molecule has 1 aliphatic rings. The van der Waals surface area contributed by atoms with Crippen LogP contribution in [-0.4, -0.2) is 39.9 Å². The summed E-state index contributed by atoms with van der Waals surface area (Å²) in [6, 6.07) is 10.5. The third kappa shape index (κ3) is 4.01. The molecule has 3 aromatic rings. The molecule has 146 valence electrons. The van der Waals surface area contributed by atoms with E-state index in [9.17, 15) is 0 Å². The lowest BCUT2D eigenvalue weighted by atomic mass is 9.90. The third-order valence-corrected chi connectivity index (χ3v) is 5.43. The van der Waals surface area contributed by atoms with Crippen LogP contribution in [0.2, 0.25) is 0 Å². The molecular formula is C22H27N5O. The van der Waals surface area contributed by atoms with Gasteiger partial charge in [0.2, 0.25) is 0 Å². The second-order valence-corrected chi connectivity index (χ2v) is 7.56. The topological polar surface area (TPSA) is 56.1 Å². The van der Waals surface area contributed by atoms with E-state index in [1.165, 1.54) is 5.56 Å². The Kier molecular flexibility index (Phi) is 5.28. The summed E-state index contributed by atoms with van der Waals surface area (Å²) in [6.45, 7) is 6.04. The highest BCUT2D eigenvalue weighted by molar-refractivity contribution is 5.40. The summed E-state index contributed by atoms with van der Waals surface area (Å²) in [7, 11) is 1.72. The summed E-state index contributed by atoms with van der Waals surface area (Å²) >= 11 is 0. The number of aryl methyl sites for hydroxylation is 2. The molecule has 1 aromatic carbocycles. The van der Waals surface area contributed by atoms with E-state index in [-0.39, 0.29) is 0 Å². The first-order chi connectivity index (χ1) is 13.6. The van der Waals surface area contributed by atoms with Crippen molar-refractivity contribution in [2.45, 2.75) is 33.1 Å². The molecule has 0 N–H and O–H groups in total. The molecule has 0 unspecified atom stereocenters. The van der Waals surface area contributed by atoms with E-state index >= 15 is 0 Å². The van der Waals surface area contributed by atoms with Gasteiger partial charge in [0.15, 0.2) is 5.82 Å². The number of aromatic nitrogens is 4. The Hall–Kier alpha value is -2.89. The smallest absolute Gasteiger partial charge is 0.174 e. The summed E-state index contributed by atoms with van der Waals surface area (Å²) in [5.41, 5.74) is 3.41. The molecule has 0 atom stereocenters. The highest BCUT2D eigenvalue weighted by Gasteiger charge is 2.21. The van der Waals surface area contributed by atoms with Gasteiger partial charge in [-0.1, -0.05) is 12.1 Å². The number of hydrogen-bond acceptors (Lipinski definition) is 5. The number of piperidine rings is 1. The van der Waals surface area contributed by atoms with Gasteiger partial charge < -0.3 is 9.64 Å². The van der Waals surface area contributed by atoms with Gasteiger partial charge in [0.1, 0.15) is 11.6 Å². The first-order valence-electron chi connectivity index (χ1n) is 9.86. The molecule has 0 aliphatic carbocycles. The van der Waals surface area contributed by atoms with Crippen LogP contribution in [0.25, 0.3) is 5.82 Å². The van der Waals surface area contributed by atoms with Gasteiger partial charge in [0.05, 0.1) is 25.2 Å². The third-order valence-electron chi connectivity index (χ3n) is 5.43. The summed E-state index contributed by atoms with van der Waals surface area (Å²) in [6.07, 6.45) is 7.05. The maximum Gasteiger partial charge on any atom is 0.174 e. The molecule has 0 saturated carbocycles. The number of nitrogens with zero attached hydrogens (tertiary/aromatic N) is 5. The standard InChI is InChI=1S/C22H27N5O/c1-16-11-17(2)27(25-16)22-15-23-14-21(24-22)26-9-7-18(8-10-26)12-19-5-4-6-20(13-19)28-3/h4-6,11,13-15,18H,7-10,12H2,1-3H3. The first kappa shape index (κ1) is 18.5. The average molecular weight is 377 g/mol. The molecule has 3 heterocycles. The van der Waals surface area contributed by atoms with Crippen LogP contribution in [0.3, 0.4) is 0 Å². The van der Waals surface area contributed by atoms with E-state index in [2.05, 4.69) is 39.2 Å². The highest BCUT2D eigenvalue weighted by Crippen LogP contribution is 2.26. The maximum atomic E-state index is 5.35. The minimum Gasteiger partial charge on any atom is -0.497 e. The summed E-state index contributed by atoms with van der Waals surface area (Å²) in [5.74, 6) is 3.34. The van der Waals surface area contributed by atoms with Crippen LogP contribution in [0.1, 0.15) is 29.8 Å². The first-order valence-corrected chi connectivity index (χ1v) is 9.86. The van der Waals surface area contributed by atoms with Gasteiger partial charge in [0.25, 0.3) is 0 Å². The molecule has 2 aromatic heterocycles. The second kappa shape index (κ2) is 8.00. The quantitative estimate of drug-likeness (QED) is 0.678. The zero-order valence-corrected chi connectivity index (χ0v) is 16.8. The van der Waals surface area contributed by atoms with Crippen LogP contribution in [0, 0.1) is 19.8 Å². The summed E-state index contributed by atoms with van der Waals surface area (Å²) in [4.78, 5) is 11.6. The fourth-order valence-corrected chi connectivity index (χ4v) is 3.96. The van der Waals surface area contributed by atoms with E-state index in [1.54, 1.807) is 13.3 Å². The Morgan fingerprint density at radius 1 is 1.07 bits per heavy atom. The average Bonchev–Trinajstić information content (AvgIpc) is 3.07. The van der Waals surface area contributed by atoms with E-state index in [4.69, 9.17) is 9.72 Å². The minimum absolute atomic E-state index is 0.690. The Bertz CT molecular complexity index is 944. The van der Waals surface area contributed by atoms with Gasteiger partial charge in [-0.05, 0) is 62.8 Å². The van der Waals surface area contributed by atoms with Crippen LogP contribution in [0.4, 0.5) is 5.82 Å². The van der Waals surface area contributed by atoms with Crippen LogP contribution in [0.15, 0.2) is 42.7 Å². The van der Waals surface area contributed by atoms with Crippen molar-refractivity contribution >= 4 is 5.82 Å². The largest absolute Gasteiger partial charge is 0.497 e. The Balaban J connectivity index is 1.41.